The zero-order valence-electron chi connectivity index (χ0n) is 14.0. The number of rotatable bonds is 3. The van der Waals surface area contributed by atoms with Crippen molar-refractivity contribution in [1.29, 1.82) is 0 Å². The summed E-state index contributed by atoms with van der Waals surface area (Å²) in [6.07, 6.45) is 14.5. The van der Waals surface area contributed by atoms with Crippen molar-refractivity contribution >= 4 is 0 Å². The molecule has 5 aliphatic carbocycles. The molecule has 0 nitrogen and oxygen atoms in total. The van der Waals surface area contributed by atoms with Crippen LogP contribution < -0.4 is 0 Å². The van der Waals surface area contributed by atoms with Crippen LogP contribution in [0.15, 0.2) is 22.8 Å². The lowest BCUT2D eigenvalue weighted by Gasteiger charge is -2.42. The van der Waals surface area contributed by atoms with Gasteiger partial charge >= 0.3 is 0 Å². The standard InChI is InChI=1S/C21H30/c1-4-5-6-20(3)10-14-7-15-8-16-9-18-19(20)21(18,11-14)12-17(16)13(15)2/h7,14,16,18-19H,4-6,8-12H2,1-3H3/t14?,16?,18-,19?,20?,21?/m1/s1. The van der Waals surface area contributed by atoms with E-state index in [-0.39, 0.29) is 0 Å². The molecule has 0 radical (unpaired) electrons. The van der Waals surface area contributed by atoms with E-state index >= 15 is 0 Å². The van der Waals surface area contributed by atoms with Gasteiger partial charge < -0.3 is 0 Å². The summed E-state index contributed by atoms with van der Waals surface area (Å²) < 4.78 is 0. The summed E-state index contributed by atoms with van der Waals surface area (Å²) in [5, 5.41) is 0. The molecule has 5 unspecified atom stereocenters. The Labute approximate surface area is 130 Å². The molecule has 21 heavy (non-hydrogen) atoms. The van der Waals surface area contributed by atoms with Gasteiger partial charge in [-0.2, -0.15) is 0 Å². The Morgan fingerprint density at radius 2 is 2.14 bits per heavy atom. The molecule has 0 heterocycles. The third-order valence-corrected chi connectivity index (χ3v) is 8.29. The van der Waals surface area contributed by atoms with Crippen molar-refractivity contribution in [3.8, 4) is 0 Å². The number of unbranched alkanes of at least 4 members (excludes halogenated alkanes) is 1. The minimum absolute atomic E-state index is 0.661. The lowest BCUT2D eigenvalue weighted by molar-refractivity contribution is 0.103. The maximum atomic E-state index is 2.75. The topological polar surface area (TPSA) is 0 Å². The maximum Gasteiger partial charge on any atom is -0.0154 e. The number of allylic oxidation sites excluding steroid dienone is 4. The van der Waals surface area contributed by atoms with E-state index in [1.54, 1.807) is 17.6 Å². The fourth-order valence-electron chi connectivity index (χ4n) is 7.66. The first-order valence-corrected chi connectivity index (χ1v) is 9.48. The number of fused-ring (bicyclic) bond motifs is 3. The molecule has 4 bridgehead atoms. The molecule has 0 aromatic heterocycles. The van der Waals surface area contributed by atoms with Crippen molar-refractivity contribution in [2.24, 2.45) is 34.5 Å². The molecule has 6 atom stereocenters. The molecule has 3 fully saturated rings. The van der Waals surface area contributed by atoms with Crippen LogP contribution >= 0.6 is 0 Å². The number of hydrogen-bond donors (Lipinski definition) is 0. The van der Waals surface area contributed by atoms with Crippen molar-refractivity contribution in [2.75, 3.05) is 0 Å². The van der Waals surface area contributed by atoms with Crippen LogP contribution in [-0.2, 0) is 0 Å². The van der Waals surface area contributed by atoms with Gasteiger partial charge in [-0.05, 0) is 91.1 Å². The summed E-state index contributed by atoms with van der Waals surface area (Å²) in [6.45, 7) is 7.47. The van der Waals surface area contributed by atoms with Crippen molar-refractivity contribution in [2.45, 2.75) is 72.1 Å². The molecule has 3 saturated carbocycles. The second kappa shape index (κ2) is 3.87. The molecule has 5 rings (SSSR count). The van der Waals surface area contributed by atoms with E-state index in [0.717, 1.165) is 29.1 Å². The summed E-state index contributed by atoms with van der Waals surface area (Å²) in [6, 6.07) is 0. The zero-order chi connectivity index (χ0) is 14.4. The minimum Gasteiger partial charge on any atom is -0.0779 e. The second-order valence-electron chi connectivity index (χ2n) is 9.40. The zero-order valence-corrected chi connectivity index (χ0v) is 14.0. The molecule has 0 N–H and O–H groups in total. The third kappa shape index (κ3) is 1.48. The van der Waals surface area contributed by atoms with Crippen LogP contribution in [-0.4, -0.2) is 0 Å². The Morgan fingerprint density at radius 1 is 1.29 bits per heavy atom. The van der Waals surface area contributed by atoms with E-state index in [0.29, 0.717) is 5.41 Å². The molecular weight excluding hydrogens is 252 g/mol. The Morgan fingerprint density at radius 3 is 2.95 bits per heavy atom. The first-order valence-electron chi connectivity index (χ1n) is 9.48. The van der Waals surface area contributed by atoms with Crippen molar-refractivity contribution < 1.29 is 0 Å². The summed E-state index contributed by atoms with van der Waals surface area (Å²) in [7, 11) is 0. The van der Waals surface area contributed by atoms with Gasteiger partial charge in [-0.1, -0.05) is 38.3 Å². The van der Waals surface area contributed by atoms with Crippen LogP contribution in [0.3, 0.4) is 0 Å². The van der Waals surface area contributed by atoms with Gasteiger partial charge in [-0.25, -0.2) is 0 Å². The Balaban J connectivity index is 1.60. The monoisotopic (exact) mass is 282 g/mol. The molecule has 5 aliphatic rings. The first kappa shape index (κ1) is 13.0. The van der Waals surface area contributed by atoms with Gasteiger partial charge in [0.1, 0.15) is 0 Å². The van der Waals surface area contributed by atoms with Gasteiger partial charge in [0.25, 0.3) is 0 Å². The van der Waals surface area contributed by atoms with Gasteiger partial charge in [0.2, 0.25) is 0 Å². The average molecular weight is 282 g/mol. The molecule has 0 heteroatoms. The molecule has 114 valence electrons. The van der Waals surface area contributed by atoms with Crippen molar-refractivity contribution in [3.63, 3.8) is 0 Å². The Bertz CT molecular complexity index is 565. The Hall–Kier alpha value is -0.520. The molecule has 0 aliphatic heterocycles. The van der Waals surface area contributed by atoms with Gasteiger partial charge in [-0.3, -0.25) is 0 Å². The highest BCUT2D eigenvalue weighted by Gasteiger charge is 2.74. The fourth-order valence-corrected chi connectivity index (χ4v) is 7.66. The van der Waals surface area contributed by atoms with E-state index in [1.807, 2.05) is 5.57 Å². The predicted molar refractivity (Wildman–Crippen MR) is 87.9 cm³/mol. The van der Waals surface area contributed by atoms with E-state index in [1.165, 1.54) is 44.9 Å². The van der Waals surface area contributed by atoms with Crippen molar-refractivity contribution in [1.82, 2.24) is 0 Å². The normalized spacial score (nSPS) is 52.6. The largest absolute Gasteiger partial charge is 0.0779 e. The van der Waals surface area contributed by atoms with Gasteiger partial charge in [0.05, 0.1) is 0 Å². The minimum atomic E-state index is 0.661. The summed E-state index contributed by atoms with van der Waals surface area (Å²) in [5.41, 5.74) is 6.80. The van der Waals surface area contributed by atoms with E-state index in [2.05, 4.69) is 26.8 Å². The van der Waals surface area contributed by atoms with Crippen LogP contribution in [0.5, 0.6) is 0 Å². The fraction of sp³-hybridized carbons (Fsp3) is 0.810. The second-order valence-corrected chi connectivity index (χ2v) is 9.40. The average Bonchev–Trinajstić information content (AvgIpc) is 3.00. The molecule has 1 spiro atoms. The molecule has 0 saturated heterocycles. The molecule has 0 aromatic rings. The first-order chi connectivity index (χ1) is 10.1. The predicted octanol–water partition coefficient (Wildman–Crippen LogP) is 5.90. The molecule has 0 amide bonds. The number of hydrogen-bond acceptors (Lipinski definition) is 0. The quantitative estimate of drug-likeness (QED) is 0.605. The highest BCUT2D eigenvalue weighted by Crippen LogP contribution is 2.81. The maximum absolute atomic E-state index is 2.75. The van der Waals surface area contributed by atoms with Crippen LogP contribution in [0.1, 0.15) is 72.1 Å². The molecule has 0 aromatic carbocycles. The summed E-state index contributed by atoms with van der Waals surface area (Å²) in [5.74, 6) is 4.02. The lowest BCUT2D eigenvalue weighted by atomic mass is 9.62. The Kier molecular flexibility index (Phi) is 2.39. The summed E-state index contributed by atoms with van der Waals surface area (Å²) >= 11 is 0. The van der Waals surface area contributed by atoms with Crippen molar-refractivity contribution in [3.05, 3.63) is 22.8 Å². The van der Waals surface area contributed by atoms with Gasteiger partial charge in [-0.15, -0.1) is 0 Å². The van der Waals surface area contributed by atoms with Crippen LogP contribution in [0.25, 0.3) is 0 Å². The SMILES string of the molecule is CCCCC1(C)CC2C=C3CC4C[C@@H]5C1C5(CC4=C3C)C2. The highest BCUT2D eigenvalue weighted by atomic mass is 14.8. The van der Waals surface area contributed by atoms with Crippen LogP contribution in [0, 0.1) is 34.5 Å². The molecular formula is C21H30. The van der Waals surface area contributed by atoms with Gasteiger partial charge in [0.15, 0.2) is 0 Å². The highest BCUT2D eigenvalue weighted by molar-refractivity contribution is 5.47. The summed E-state index contributed by atoms with van der Waals surface area (Å²) in [4.78, 5) is 0. The van der Waals surface area contributed by atoms with E-state index < -0.39 is 0 Å². The third-order valence-electron chi connectivity index (χ3n) is 8.29. The van der Waals surface area contributed by atoms with E-state index in [4.69, 9.17) is 0 Å². The van der Waals surface area contributed by atoms with Gasteiger partial charge in [0, 0.05) is 0 Å². The smallest absolute Gasteiger partial charge is 0.0154 e. The van der Waals surface area contributed by atoms with E-state index in [9.17, 15) is 0 Å². The van der Waals surface area contributed by atoms with Crippen LogP contribution in [0.2, 0.25) is 0 Å². The van der Waals surface area contributed by atoms with Crippen LogP contribution in [0.4, 0.5) is 0 Å². The lowest BCUT2D eigenvalue weighted by Crippen LogP contribution is -2.33.